The van der Waals surface area contributed by atoms with Gasteiger partial charge in [-0.25, -0.2) is 4.98 Å². The summed E-state index contributed by atoms with van der Waals surface area (Å²) < 4.78 is 5.22. The van der Waals surface area contributed by atoms with Crippen molar-refractivity contribution in [3.8, 4) is 0 Å². The van der Waals surface area contributed by atoms with Crippen molar-refractivity contribution in [2.45, 2.75) is 26.2 Å². The molecule has 6 nitrogen and oxygen atoms in total. The van der Waals surface area contributed by atoms with Crippen LogP contribution in [0.3, 0.4) is 0 Å². The maximum absolute atomic E-state index is 12.5. The molecule has 0 saturated carbocycles. The minimum atomic E-state index is -0.182. The SMILES string of the molecule is COCC1CCCCN(C(=O)c2csc(NC(C)=O)n2)C1. The van der Waals surface area contributed by atoms with Crippen LogP contribution in [0.4, 0.5) is 5.13 Å². The topological polar surface area (TPSA) is 71.5 Å². The highest BCUT2D eigenvalue weighted by molar-refractivity contribution is 7.14. The van der Waals surface area contributed by atoms with Crippen LogP contribution in [0.5, 0.6) is 0 Å². The molecule has 0 bridgehead atoms. The molecule has 1 aromatic heterocycles. The lowest BCUT2D eigenvalue weighted by Crippen LogP contribution is -2.35. The van der Waals surface area contributed by atoms with Gasteiger partial charge in [0.1, 0.15) is 5.69 Å². The van der Waals surface area contributed by atoms with E-state index in [9.17, 15) is 9.59 Å². The molecule has 7 heteroatoms. The standard InChI is InChI=1S/C14H21N3O3S/c1-10(18)15-14-16-12(9-21-14)13(19)17-6-4-3-5-11(7-17)8-20-2/h9,11H,3-8H2,1-2H3,(H,15,16,18). The molecule has 2 rings (SSSR count). The fraction of sp³-hybridized carbons (Fsp3) is 0.643. The van der Waals surface area contributed by atoms with E-state index in [1.165, 1.54) is 18.3 Å². The van der Waals surface area contributed by atoms with Crippen LogP contribution in [-0.2, 0) is 9.53 Å². The van der Waals surface area contributed by atoms with E-state index < -0.39 is 0 Å². The summed E-state index contributed by atoms with van der Waals surface area (Å²) in [5, 5.41) is 4.77. The van der Waals surface area contributed by atoms with Gasteiger partial charge in [-0.2, -0.15) is 0 Å². The zero-order chi connectivity index (χ0) is 15.2. The molecule has 0 spiro atoms. The lowest BCUT2D eigenvalue weighted by molar-refractivity contribution is -0.114. The van der Waals surface area contributed by atoms with Gasteiger partial charge in [-0.15, -0.1) is 11.3 Å². The first kappa shape index (κ1) is 15.9. The maximum atomic E-state index is 12.5. The molecule has 1 unspecified atom stereocenters. The third kappa shape index (κ3) is 4.50. The summed E-state index contributed by atoms with van der Waals surface area (Å²) in [5.41, 5.74) is 0.404. The quantitative estimate of drug-likeness (QED) is 0.923. The number of ether oxygens (including phenoxy) is 1. The zero-order valence-electron chi connectivity index (χ0n) is 12.4. The lowest BCUT2D eigenvalue weighted by atomic mass is 10.0. The highest BCUT2D eigenvalue weighted by atomic mass is 32.1. The lowest BCUT2D eigenvalue weighted by Gasteiger charge is -2.23. The first-order valence-corrected chi connectivity index (χ1v) is 7.99. The molecule has 2 heterocycles. The van der Waals surface area contributed by atoms with Gasteiger partial charge in [0.25, 0.3) is 5.91 Å². The molecule has 0 aliphatic carbocycles. The Morgan fingerprint density at radius 3 is 3.05 bits per heavy atom. The zero-order valence-corrected chi connectivity index (χ0v) is 13.2. The Hall–Kier alpha value is -1.47. The predicted octanol–water partition coefficient (Wildman–Crippen LogP) is 1.99. The van der Waals surface area contributed by atoms with Crippen LogP contribution in [0.25, 0.3) is 0 Å². The smallest absolute Gasteiger partial charge is 0.273 e. The average Bonchev–Trinajstić information content (AvgIpc) is 2.76. The highest BCUT2D eigenvalue weighted by Crippen LogP contribution is 2.21. The Morgan fingerprint density at radius 2 is 2.33 bits per heavy atom. The number of methoxy groups -OCH3 is 1. The number of nitrogens with zero attached hydrogens (tertiary/aromatic N) is 2. The molecule has 1 atom stereocenters. The van der Waals surface area contributed by atoms with E-state index in [0.29, 0.717) is 29.9 Å². The minimum Gasteiger partial charge on any atom is -0.384 e. The van der Waals surface area contributed by atoms with Crippen molar-refractivity contribution in [2.75, 3.05) is 32.1 Å². The van der Waals surface area contributed by atoms with Crippen molar-refractivity contribution < 1.29 is 14.3 Å². The normalized spacial score (nSPS) is 19.1. The number of aromatic nitrogens is 1. The van der Waals surface area contributed by atoms with Crippen molar-refractivity contribution >= 4 is 28.3 Å². The summed E-state index contributed by atoms with van der Waals surface area (Å²) >= 11 is 1.27. The molecule has 2 amide bonds. The number of hydrogen-bond donors (Lipinski definition) is 1. The Bertz CT molecular complexity index is 503. The highest BCUT2D eigenvalue weighted by Gasteiger charge is 2.24. The molecule has 1 aliphatic heterocycles. The number of hydrogen-bond acceptors (Lipinski definition) is 5. The van der Waals surface area contributed by atoms with E-state index in [2.05, 4.69) is 10.3 Å². The van der Waals surface area contributed by atoms with Crippen molar-refractivity contribution in [1.29, 1.82) is 0 Å². The molecule has 1 aliphatic rings. The number of carbonyl (C=O) groups is 2. The van der Waals surface area contributed by atoms with Crippen LogP contribution in [0, 0.1) is 5.92 Å². The Morgan fingerprint density at radius 1 is 1.52 bits per heavy atom. The van der Waals surface area contributed by atoms with Gasteiger partial charge in [0.05, 0.1) is 6.61 Å². The minimum absolute atomic E-state index is 0.0640. The van der Waals surface area contributed by atoms with Crippen molar-refractivity contribution in [1.82, 2.24) is 9.88 Å². The first-order chi connectivity index (χ1) is 10.1. The third-order valence-corrected chi connectivity index (χ3v) is 4.22. The summed E-state index contributed by atoms with van der Waals surface area (Å²) in [5.74, 6) is 0.138. The number of anilines is 1. The van der Waals surface area contributed by atoms with Crippen LogP contribution in [-0.4, -0.2) is 48.5 Å². The van der Waals surface area contributed by atoms with Gasteiger partial charge in [-0.3, -0.25) is 9.59 Å². The number of carbonyl (C=O) groups excluding carboxylic acids is 2. The molecule has 1 N–H and O–H groups in total. The van der Waals surface area contributed by atoms with Crippen LogP contribution in [0.2, 0.25) is 0 Å². The summed E-state index contributed by atoms with van der Waals surface area (Å²) in [4.78, 5) is 29.6. The number of likely N-dealkylation sites (tertiary alicyclic amines) is 1. The number of thiazole rings is 1. The van der Waals surface area contributed by atoms with Crippen molar-refractivity contribution in [3.63, 3.8) is 0 Å². The molecular weight excluding hydrogens is 290 g/mol. The van der Waals surface area contributed by atoms with E-state index in [4.69, 9.17) is 4.74 Å². The van der Waals surface area contributed by atoms with Gasteiger partial charge in [0.15, 0.2) is 5.13 Å². The van der Waals surface area contributed by atoms with E-state index in [1.807, 2.05) is 4.90 Å². The van der Waals surface area contributed by atoms with E-state index in [-0.39, 0.29) is 11.8 Å². The third-order valence-electron chi connectivity index (χ3n) is 3.46. The maximum Gasteiger partial charge on any atom is 0.273 e. The molecule has 1 aromatic rings. The number of nitrogens with one attached hydrogen (secondary N) is 1. The summed E-state index contributed by atoms with van der Waals surface area (Å²) in [6.07, 6.45) is 3.21. The Kier molecular flexibility index (Phi) is 5.69. The second-order valence-corrected chi connectivity index (χ2v) is 6.15. The van der Waals surface area contributed by atoms with Crippen LogP contribution in [0.15, 0.2) is 5.38 Å². The molecule has 116 valence electrons. The van der Waals surface area contributed by atoms with Crippen LogP contribution < -0.4 is 5.32 Å². The monoisotopic (exact) mass is 311 g/mol. The number of amides is 2. The van der Waals surface area contributed by atoms with Gasteiger partial charge < -0.3 is 15.0 Å². The van der Waals surface area contributed by atoms with Gasteiger partial charge in [0.2, 0.25) is 5.91 Å². The van der Waals surface area contributed by atoms with Crippen molar-refractivity contribution in [2.24, 2.45) is 5.92 Å². The Balaban J connectivity index is 2.03. The van der Waals surface area contributed by atoms with Crippen molar-refractivity contribution in [3.05, 3.63) is 11.1 Å². The van der Waals surface area contributed by atoms with Gasteiger partial charge >= 0.3 is 0 Å². The molecule has 1 saturated heterocycles. The van der Waals surface area contributed by atoms with Crippen LogP contribution >= 0.6 is 11.3 Å². The summed E-state index contributed by atoms with van der Waals surface area (Å²) in [6.45, 7) is 3.57. The molecular formula is C14H21N3O3S. The van der Waals surface area contributed by atoms with Crippen LogP contribution in [0.1, 0.15) is 36.7 Å². The molecule has 1 fully saturated rings. The summed E-state index contributed by atoms with van der Waals surface area (Å²) in [6, 6.07) is 0. The van der Waals surface area contributed by atoms with Gasteiger partial charge in [-0.1, -0.05) is 6.42 Å². The second kappa shape index (κ2) is 7.51. The number of rotatable bonds is 4. The predicted molar refractivity (Wildman–Crippen MR) is 81.5 cm³/mol. The molecule has 21 heavy (non-hydrogen) atoms. The first-order valence-electron chi connectivity index (χ1n) is 7.11. The van der Waals surface area contributed by atoms with E-state index in [0.717, 1.165) is 25.8 Å². The molecule has 0 aromatic carbocycles. The van der Waals surface area contributed by atoms with Gasteiger partial charge in [0, 0.05) is 32.5 Å². The largest absolute Gasteiger partial charge is 0.384 e. The van der Waals surface area contributed by atoms with E-state index in [1.54, 1.807) is 12.5 Å². The van der Waals surface area contributed by atoms with E-state index >= 15 is 0 Å². The fourth-order valence-electron chi connectivity index (χ4n) is 2.53. The Labute approximate surface area is 128 Å². The fourth-order valence-corrected chi connectivity index (χ4v) is 3.26. The molecule has 0 radical (unpaired) electrons. The average molecular weight is 311 g/mol. The van der Waals surface area contributed by atoms with Gasteiger partial charge in [-0.05, 0) is 18.8 Å². The summed E-state index contributed by atoms with van der Waals surface area (Å²) in [7, 11) is 1.69. The second-order valence-electron chi connectivity index (χ2n) is 5.29.